The molecule has 0 bridgehead atoms. The van der Waals surface area contributed by atoms with Gasteiger partial charge in [-0.15, -0.1) is 0 Å². The molecule has 0 amide bonds. The van der Waals surface area contributed by atoms with Crippen LogP contribution in [-0.4, -0.2) is 17.6 Å². The summed E-state index contributed by atoms with van der Waals surface area (Å²) in [4.78, 5) is 8.59. The van der Waals surface area contributed by atoms with Crippen molar-refractivity contribution in [1.29, 1.82) is 0 Å². The van der Waals surface area contributed by atoms with Crippen molar-refractivity contribution in [2.24, 2.45) is 9.98 Å². The first-order valence-electron chi connectivity index (χ1n) is 4.23. The Hall–Kier alpha value is -0.920. The topological polar surface area (TPSA) is 24.7 Å². The molecule has 68 valence electrons. The number of allylic oxidation sites excluding steroid dienone is 1. The number of aliphatic imine (C=N–C) groups is 2. The summed E-state index contributed by atoms with van der Waals surface area (Å²) in [6.07, 6.45) is 4.20. The SMILES string of the molecule is C=C/C=N\C(CC)=N/C(C)(C)C. The molecule has 0 spiro atoms. The first kappa shape index (κ1) is 11.1. The van der Waals surface area contributed by atoms with Gasteiger partial charge in [0, 0.05) is 12.6 Å². The Bertz CT molecular complexity index is 194. The molecule has 0 fully saturated rings. The van der Waals surface area contributed by atoms with Gasteiger partial charge in [0.1, 0.15) is 5.84 Å². The summed E-state index contributed by atoms with van der Waals surface area (Å²) >= 11 is 0. The van der Waals surface area contributed by atoms with Gasteiger partial charge >= 0.3 is 0 Å². The molecule has 0 aromatic carbocycles. The first-order valence-corrected chi connectivity index (χ1v) is 4.23. The molecular formula is C10H18N2. The number of hydrogen-bond acceptors (Lipinski definition) is 1. The Balaban J connectivity index is 4.43. The van der Waals surface area contributed by atoms with Crippen molar-refractivity contribution in [3.8, 4) is 0 Å². The summed E-state index contributed by atoms with van der Waals surface area (Å²) in [5.74, 6) is 0.877. The van der Waals surface area contributed by atoms with Crippen molar-refractivity contribution in [3.05, 3.63) is 12.7 Å². The van der Waals surface area contributed by atoms with Gasteiger partial charge in [-0.3, -0.25) is 4.99 Å². The lowest BCUT2D eigenvalue weighted by molar-refractivity contribution is 0.581. The largest absolute Gasteiger partial charge is 0.265 e. The van der Waals surface area contributed by atoms with Gasteiger partial charge in [-0.1, -0.05) is 19.6 Å². The predicted molar refractivity (Wildman–Crippen MR) is 56.2 cm³/mol. The van der Waals surface area contributed by atoms with Crippen LogP contribution in [-0.2, 0) is 0 Å². The van der Waals surface area contributed by atoms with Gasteiger partial charge in [-0.2, -0.15) is 0 Å². The Kier molecular flexibility index (Phi) is 4.49. The number of amidine groups is 1. The van der Waals surface area contributed by atoms with Gasteiger partial charge < -0.3 is 0 Å². The number of rotatable bonds is 2. The van der Waals surface area contributed by atoms with E-state index in [9.17, 15) is 0 Å². The second kappa shape index (κ2) is 4.86. The van der Waals surface area contributed by atoms with Gasteiger partial charge in [0.15, 0.2) is 0 Å². The summed E-state index contributed by atoms with van der Waals surface area (Å²) in [5, 5.41) is 0. The Morgan fingerprint density at radius 3 is 2.33 bits per heavy atom. The summed E-state index contributed by atoms with van der Waals surface area (Å²) < 4.78 is 0. The smallest absolute Gasteiger partial charge is 0.123 e. The monoisotopic (exact) mass is 166 g/mol. The van der Waals surface area contributed by atoms with Crippen LogP contribution < -0.4 is 0 Å². The first-order chi connectivity index (χ1) is 5.49. The summed E-state index contributed by atoms with van der Waals surface area (Å²) in [5.41, 5.74) is -0.0378. The fourth-order valence-electron chi connectivity index (χ4n) is 0.725. The molecule has 0 saturated carbocycles. The molecule has 0 heterocycles. The zero-order valence-electron chi connectivity index (χ0n) is 8.46. The molecule has 0 aliphatic heterocycles. The second-order valence-electron chi connectivity index (χ2n) is 3.57. The highest BCUT2D eigenvalue weighted by Crippen LogP contribution is 2.08. The fourth-order valence-corrected chi connectivity index (χ4v) is 0.725. The van der Waals surface area contributed by atoms with E-state index in [-0.39, 0.29) is 5.54 Å². The summed E-state index contributed by atoms with van der Waals surface area (Å²) in [6, 6.07) is 0. The minimum absolute atomic E-state index is 0.0378. The quantitative estimate of drug-likeness (QED) is 0.445. The van der Waals surface area contributed by atoms with E-state index in [1.165, 1.54) is 0 Å². The highest BCUT2D eigenvalue weighted by molar-refractivity contribution is 5.92. The Labute approximate surface area is 75.1 Å². The maximum absolute atomic E-state index is 4.44. The molecule has 0 aliphatic rings. The summed E-state index contributed by atoms with van der Waals surface area (Å²) in [6.45, 7) is 11.8. The standard InChI is InChI=1S/C10H18N2/c1-6-8-11-9(7-2)12-10(3,4)5/h6,8H,1,7H2,2-5H3/b11-8-,12-9-. The minimum atomic E-state index is -0.0378. The van der Waals surface area contributed by atoms with Crippen molar-refractivity contribution < 1.29 is 0 Å². The molecule has 0 saturated heterocycles. The van der Waals surface area contributed by atoms with Crippen LogP contribution in [0.3, 0.4) is 0 Å². The highest BCUT2D eigenvalue weighted by Gasteiger charge is 2.07. The van der Waals surface area contributed by atoms with Gasteiger partial charge in [0.2, 0.25) is 0 Å². The van der Waals surface area contributed by atoms with E-state index in [1.807, 2.05) is 6.92 Å². The molecule has 0 unspecified atom stereocenters. The van der Waals surface area contributed by atoms with E-state index in [2.05, 4.69) is 37.3 Å². The average Bonchev–Trinajstić information content (AvgIpc) is 1.95. The molecule has 0 aromatic rings. The van der Waals surface area contributed by atoms with E-state index < -0.39 is 0 Å². The van der Waals surface area contributed by atoms with Crippen molar-refractivity contribution in [2.75, 3.05) is 0 Å². The maximum Gasteiger partial charge on any atom is 0.123 e. The maximum atomic E-state index is 4.44. The number of nitrogens with zero attached hydrogens (tertiary/aromatic N) is 2. The zero-order chi connectivity index (χ0) is 9.61. The van der Waals surface area contributed by atoms with Crippen LogP contribution in [0.25, 0.3) is 0 Å². The normalized spacial score (nSPS) is 13.8. The van der Waals surface area contributed by atoms with Crippen molar-refractivity contribution in [3.63, 3.8) is 0 Å². The van der Waals surface area contributed by atoms with E-state index in [4.69, 9.17) is 0 Å². The number of hydrogen-bond donors (Lipinski definition) is 0. The van der Waals surface area contributed by atoms with Crippen molar-refractivity contribution in [1.82, 2.24) is 0 Å². The van der Waals surface area contributed by atoms with Crippen LogP contribution in [0, 0.1) is 0 Å². The lowest BCUT2D eigenvalue weighted by Crippen LogP contribution is -2.12. The van der Waals surface area contributed by atoms with Crippen LogP contribution in [0.2, 0.25) is 0 Å². The molecule has 0 aliphatic carbocycles. The fraction of sp³-hybridized carbons (Fsp3) is 0.600. The molecule has 0 atom stereocenters. The van der Waals surface area contributed by atoms with E-state index in [0.29, 0.717) is 0 Å². The van der Waals surface area contributed by atoms with E-state index >= 15 is 0 Å². The second-order valence-corrected chi connectivity index (χ2v) is 3.57. The van der Waals surface area contributed by atoms with Crippen LogP contribution in [0.1, 0.15) is 34.1 Å². The zero-order valence-corrected chi connectivity index (χ0v) is 8.46. The summed E-state index contributed by atoms with van der Waals surface area (Å²) in [7, 11) is 0. The molecule has 2 heteroatoms. The molecule has 12 heavy (non-hydrogen) atoms. The van der Waals surface area contributed by atoms with Gasteiger partial charge in [-0.25, -0.2) is 4.99 Å². The lowest BCUT2D eigenvalue weighted by Gasteiger charge is -2.12. The van der Waals surface area contributed by atoms with Crippen LogP contribution in [0.4, 0.5) is 0 Å². The molecule has 0 radical (unpaired) electrons. The van der Waals surface area contributed by atoms with Crippen molar-refractivity contribution >= 4 is 12.1 Å². The molecule has 2 nitrogen and oxygen atoms in total. The molecule has 0 N–H and O–H groups in total. The average molecular weight is 166 g/mol. The van der Waals surface area contributed by atoms with Crippen LogP contribution >= 0.6 is 0 Å². The Morgan fingerprint density at radius 1 is 1.42 bits per heavy atom. The predicted octanol–water partition coefficient (Wildman–Crippen LogP) is 2.85. The lowest BCUT2D eigenvalue weighted by atomic mass is 10.1. The van der Waals surface area contributed by atoms with Crippen LogP contribution in [0.5, 0.6) is 0 Å². The molecule has 0 aromatic heterocycles. The van der Waals surface area contributed by atoms with E-state index in [0.717, 1.165) is 12.3 Å². The third-order valence-electron chi connectivity index (χ3n) is 1.11. The Morgan fingerprint density at radius 2 is 2.00 bits per heavy atom. The third-order valence-corrected chi connectivity index (χ3v) is 1.11. The minimum Gasteiger partial charge on any atom is -0.265 e. The highest BCUT2D eigenvalue weighted by atomic mass is 14.9. The molecular weight excluding hydrogens is 148 g/mol. The molecule has 0 rings (SSSR count). The van der Waals surface area contributed by atoms with Gasteiger partial charge in [0.25, 0.3) is 0 Å². The van der Waals surface area contributed by atoms with Crippen molar-refractivity contribution in [2.45, 2.75) is 39.7 Å². The third kappa shape index (κ3) is 5.83. The van der Waals surface area contributed by atoms with Gasteiger partial charge in [-0.05, 0) is 20.8 Å². The van der Waals surface area contributed by atoms with Gasteiger partial charge in [0.05, 0.1) is 5.54 Å². The van der Waals surface area contributed by atoms with E-state index in [1.54, 1.807) is 12.3 Å². The van der Waals surface area contributed by atoms with Crippen LogP contribution in [0.15, 0.2) is 22.6 Å².